The fraction of sp³-hybridized carbons (Fsp3) is 0.150. The third-order valence-electron chi connectivity index (χ3n) is 4.45. The molecule has 2 N–H and O–H groups in total. The SMILES string of the molecule is O=C(NCCc1cn2ccccc2n1)c1nn(-c2ccccc2C(F)(F)F)cc1O. The van der Waals surface area contributed by atoms with Gasteiger partial charge in [0.2, 0.25) is 0 Å². The summed E-state index contributed by atoms with van der Waals surface area (Å²) in [6, 6.07) is 10.4. The summed E-state index contributed by atoms with van der Waals surface area (Å²) in [5.41, 5.74) is -0.0359. The standard InChI is InChI=1S/C20H16F3N5O2/c21-20(22,23)14-5-1-2-6-15(14)28-12-16(29)18(26-28)19(30)24-9-8-13-11-27-10-4-3-7-17(27)25-13/h1-7,10-12,29H,8-9H2,(H,24,30). The molecule has 0 aliphatic rings. The lowest BCUT2D eigenvalue weighted by Gasteiger charge is -2.12. The Hall–Kier alpha value is -3.82. The average Bonchev–Trinajstić information content (AvgIpc) is 3.30. The molecule has 30 heavy (non-hydrogen) atoms. The number of nitrogens with one attached hydrogen (secondary N) is 1. The molecule has 1 aromatic carbocycles. The second-order valence-electron chi connectivity index (χ2n) is 6.53. The molecular weight excluding hydrogens is 399 g/mol. The van der Waals surface area contributed by atoms with E-state index in [1.54, 1.807) is 0 Å². The maximum atomic E-state index is 13.2. The quantitative estimate of drug-likeness (QED) is 0.524. The number of amides is 1. The van der Waals surface area contributed by atoms with Gasteiger partial charge in [0.05, 0.1) is 23.1 Å². The summed E-state index contributed by atoms with van der Waals surface area (Å²) >= 11 is 0. The molecule has 4 aromatic rings. The van der Waals surface area contributed by atoms with E-state index in [1.807, 2.05) is 35.0 Å². The molecule has 7 nitrogen and oxygen atoms in total. The molecule has 0 spiro atoms. The van der Waals surface area contributed by atoms with Crippen molar-refractivity contribution in [3.05, 3.63) is 78.0 Å². The van der Waals surface area contributed by atoms with Crippen molar-refractivity contribution < 1.29 is 23.1 Å². The van der Waals surface area contributed by atoms with Crippen LogP contribution in [0.1, 0.15) is 21.7 Å². The highest BCUT2D eigenvalue weighted by atomic mass is 19.4. The van der Waals surface area contributed by atoms with Gasteiger partial charge in [0, 0.05) is 25.4 Å². The number of benzene rings is 1. The predicted molar refractivity (Wildman–Crippen MR) is 101 cm³/mol. The Bertz CT molecular complexity index is 1180. The summed E-state index contributed by atoms with van der Waals surface area (Å²) in [7, 11) is 0. The fourth-order valence-electron chi connectivity index (χ4n) is 3.06. The van der Waals surface area contributed by atoms with Crippen LogP contribution in [0.2, 0.25) is 0 Å². The monoisotopic (exact) mass is 415 g/mol. The summed E-state index contributed by atoms with van der Waals surface area (Å²) < 4.78 is 42.3. The third kappa shape index (κ3) is 3.84. The van der Waals surface area contributed by atoms with Gasteiger partial charge in [-0.05, 0) is 24.3 Å². The van der Waals surface area contributed by atoms with Crippen LogP contribution in [0.3, 0.4) is 0 Å². The van der Waals surface area contributed by atoms with Crippen LogP contribution in [0.4, 0.5) is 13.2 Å². The Morgan fingerprint density at radius 2 is 1.87 bits per heavy atom. The zero-order valence-electron chi connectivity index (χ0n) is 15.5. The van der Waals surface area contributed by atoms with Gasteiger partial charge in [-0.25, -0.2) is 9.67 Å². The van der Waals surface area contributed by atoms with Crippen molar-refractivity contribution in [1.29, 1.82) is 0 Å². The molecule has 3 aromatic heterocycles. The van der Waals surface area contributed by atoms with E-state index in [0.717, 1.165) is 28.3 Å². The van der Waals surface area contributed by atoms with E-state index in [2.05, 4.69) is 15.4 Å². The maximum Gasteiger partial charge on any atom is 0.418 e. The van der Waals surface area contributed by atoms with Crippen molar-refractivity contribution in [2.45, 2.75) is 12.6 Å². The molecule has 1 amide bonds. The van der Waals surface area contributed by atoms with E-state index >= 15 is 0 Å². The minimum Gasteiger partial charge on any atom is -0.504 e. The Morgan fingerprint density at radius 3 is 2.63 bits per heavy atom. The van der Waals surface area contributed by atoms with Crippen LogP contribution >= 0.6 is 0 Å². The molecule has 0 unspecified atom stereocenters. The molecule has 0 saturated carbocycles. The average molecular weight is 415 g/mol. The van der Waals surface area contributed by atoms with Crippen LogP contribution in [0.15, 0.2) is 61.1 Å². The van der Waals surface area contributed by atoms with Gasteiger partial charge < -0.3 is 14.8 Å². The van der Waals surface area contributed by atoms with E-state index < -0.39 is 23.4 Å². The number of carbonyl (C=O) groups is 1. The molecule has 0 aliphatic carbocycles. The normalized spacial score (nSPS) is 11.7. The molecule has 0 bridgehead atoms. The maximum absolute atomic E-state index is 13.2. The Labute approximate surface area is 168 Å². The number of fused-ring (bicyclic) bond motifs is 1. The lowest BCUT2D eigenvalue weighted by Crippen LogP contribution is -2.26. The number of halogens is 3. The van der Waals surface area contributed by atoms with E-state index in [4.69, 9.17) is 0 Å². The number of aromatic nitrogens is 4. The van der Waals surface area contributed by atoms with E-state index in [1.165, 1.54) is 18.2 Å². The number of hydrogen-bond donors (Lipinski definition) is 2. The third-order valence-corrected chi connectivity index (χ3v) is 4.45. The number of rotatable bonds is 5. The molecule has 10 heteroatoms. The van der Waals surface area contributed by atoms with Gasteiger partial charge in [0.15, 0.2) is 11.4 Å². The van der Waals surface area contributed by atoms with Crippen molar-refractivity contribution in [2.24, 2.45) is 0 Å². The number of carbonyl (C=O) groups excluding carboxylic acids is 1. The number of imidazole rings is 1. The molecule has 0 fully saturated rings. The molecular formula is C20H16F3N5O2. The second kappa shape index (κ2) is 7.54. The molecule has 0 radical (unpaired) electrons. The van der Waals surface area contributed by atoms with Gasteiger partial charge in [-0.3, -0.25) is 4.79 Å². The van der Waals surface area contributed by atoms with Crippen LogP contribution in [-0.2, 0) is 12.6 Å². The zero-order valence-corrected chi connectivity index (χ0v) is 15.5. The van der Waals surface area contributed by atoms with Gasteiger partial charge in [-0.1, -0.05) is 18.2 Å². The van der Waals surface area contributed by atoms with Gasteiger partial charge in [0.25, 0.3) is 5.91 Å². The number of nitrogens with zero attached hydrogens (tertiary/aromatic N) is 4. The Morgan fingerprint density at radius 1 is 1.10 bits per heavy atom. The number of aromatic hydroxyl groups is 1. The highest BCUT2D eigenvalue weighted by Gasteiger charge is 2.34. The van der Waals surface area contributed by atoms with Crippen LogP contribution < -0.4 is 5.32 Å². The first-order valence-electron chi connectivity index (χ1n) is 8.99. The first kappa shape index (κ1) is 19.5. The topological polar surface area (TPSA) is 84.5 Å². The van der Waals surface area contributed by atoms with Crippen LogP contribution in [0, 0.1) is 0 Å². The molecule has 154 valence electrons. The second-order valence-corrected chi connectivity index (χ2v) is 6.53. The zero-order chi connectivity index (χ0) is 21.3. The van der Waals surface area contributed by atoms with E-state index in [-0.39, 0.29) is 17.9 Å². The van der Waals surface area contributed by atoms with Crippen LogP contribution in [0.5, 0.6) is 5.75 Å². The lowest BCUT2D eigenvalue weighted by atomic mass is 10.2. The summed E-state index contributed by atoms with van der Waals surface area (Å²) in [6.07, 6.45) is 0.498. The van der Waals surface area contributed by atoms with Crippen molar-refractivity contribution in [1.82, 2.24) is 24.5 Å². The van der Waals surface area contributed by atoms with Crippen LogP contribution in [0.25, 0.3) is 11.3 Å². The summed E-state index contributed by atoms with van der Waals surface area (Å²) in [6.45, 7) is 0.216. The highest BCUT2D eigenvalue weighted by molar-refractivity contribution is 5.94. The minimum atomic E-state index is -4.60. The fourth-order valence-corrected chi connectivity index (χ4v) is 3.06. The number of pyridine rings is 1. The minimum absolute atomic E-state index is 0.216. The lowest BCUT2D eigenvalue weighted by molar-refractivity contribution is -0.137. The van der Waals surface area contributed by atoms with Gasteiger partial charge in [-0.2, -0.15) is 18.3 Å². The molecule has 4 rings (SSSR count). The van der Waals surface area contributed by atoms with Crippen molar-refractivity contribution >= 4 is 11.6 Å². The van der Waals surface area contributed by atoms with Gasteiger partial charge in [-0.15, -0.1) is 0 Å². The predicted octanol–water partition coefficient (Wildman–Crippen LogP) is 3.22. The van der Waals surface area contributed by atoms with Gasteiger partial charge >= 0.3 is 6.18 Å². The molecule has 3 heterocycles. The van der Waals surface area contributed by atoms with E-state index in [9.17, 15) is 23.1 Å². The summed E-state index contributed by atoms with van der Waals surface area (Å²) in [5.74, 6) is -1.21. The first-order chi connectivity index (χ1) is 14.3. The number of para-hydroxylation sites is 1. The van der Waals surface area contributed by atoms with Crippen LogP contribution in [-0.4, -0.2) is 36.7 Å². The molecule has 0 aliphatic heterocycles. The Kier molecular flexibility index (Phi) is 4.90. The first-order valence-corrected chi connectivity index (χ1v) is 8.99. The van der Waals surface area contributed by atoms with Crippen molar-refractivity contribution in [3.8, 4) is 11.4 Å². The smallest absolute Gasteiger partial charge is 0.418 e. The molecule has 0 saturated heterocycles. The summed E-state index contributed by atoms with van der Waals surface area (Å²) in [4.78, 5) is 16.8. The number of alkyl halides is 3. The summed E-state index contributed by atoms with van der Waals surface area (Å²) in [5, 5.41) is 16.5. The largest absolute Gasteiger partial charge is 0.504 e. The highest BCUT2D eigenvalue weighted by Crippen LogP contribution is 2.34. The molecule has 0 atom stereocenters. The van der Waals surface area contributed by atoms with E-state index in [0.29, 0.717) is 6.42 Å². The van der Waals surface area contributed by atoms with Crippen molar-refractivity contribution in [2.75, 3.05) is 6.54 Å². The Balaban J connectivity index is 1.47. The van der Waals surface area contributed by atoms with Gasteiger partial charge in [0.1, 0.15) is 5.65 Å². The van der Waals surface area contributed by atoms with Crippen molar-refractivity contribution in [3.63, 3.8) is 0 Å². The number of hydrogen-bond acceptors (Lipinski definition) is 4.